The molecule has 0 radical (unpaired) electrons. The normalized spacial score (nSPS) is 10.7. The van der Waals surface area contributed by atoms with Crippen LogP contribution in [-0.2, 0) is 4.79 Å². The van der Waals surface area contributed by atoms with Gasteiger partial charge in [0.05, 0.1) is 5.75 Å². The van der Waals surface area contributed by atoms with Gasteiger partial charge in [0, 0.05) is 26.4 Å². The molecule has 1 N–H and O–H groups in total. The van der Waals surface area contributed by atoms with Gasteiger partial charge in [-0.05, 0) is 42.5 Å². The van der Waals surface area contributed by atoms with Crippen LogP contribution in [0.5, 0.6) is 0 Å². The zero-order valence-electron chi connectivity index (χ0n) is 15.6. The van der Waals surface area contributed by atoms with Gasteiger partial charge in [0.2, 0.25) is 5.91 Å². The smallest absolute Gasteiger partial charge is 0.234 e. The van der Waals surface area contributed by atoms with Gasteiger partial charge < -0.3 is 5.32 Å². The molecule has 0 saturated carbocycles. The second-order valence-electron chi connectivity index (χ2n) is 6.30. The topological polar surface area (TPSA) is 59.8 Å². The molecule has 0 bridgehead atoms. The zero-order valence-corrected chi connectivity index (χ0v) is 18.8. The van der Waals surface area contributed by atoms with Gasteiger partial charge >= 0.3 is 0 Å². The molecule has 3 aromatic carbocycles. The Morgan fingerprint density at radius 2 is 1.67 bits per heavy atom. The highest BCUT2D eigenvalue weighted by Gasteiger charge is 2.18. The summed E-state index contributed by atoms with van der Waals surface area (Å²) in [6.45, 7) is 0. The van der Waals surface area contributed by atoms with Crippen LogP contribution in [0.4, 0.5) is 5.69 Å². The number of carbonyl (C=O) groups is 1. The molecular weight excluding hydrogens is 484 g/mol. The first-order valence-corrected chi connectivity index (χ1v) is 11.2. The van der Waals surface area contributed by atoms with Crippen LogP contribution in [0.3, 0.4) is 0 Å². The first-order chi connectivity index (χ1) is 14.6. The van der Waals surface area contributed by atoms with Crippen molar-refractivity contribution in [2.24, 2.45) is 0 Å². The van der Waals surface area contributed by atoms with Crippen LogP contribution in [0, 0.1) is 0 Å². The largest absolute Gasteiger partial charge is 0.325 e. The monoisotopic (exact) mass is 498 g/mol. The van der Waals surface area contributed by atoms with E-state index in [0.717, 1.165) is 15.7 Å². The molecule has 0 atom stereocenters. The van der Waals surface area contributed by atoms with E-state index in [-0.39, 0.29) is 11.7 Å². The Balaban J connectivity index is 1.59. The Hall–Kier alpha value is -2.61. The molecule has 0 aliphatic heterocycles. The van der Waals surface area contributed by atoms with Gasteiger partial charge in [-0.2, -0.15) is 0 Å². The third kappa shape index (κ3) is 4.75. The minimum atomic E-state index is -0.132. The predicted octanol–water partition coefficient (Wildman–Crippen LogP) is 6.08. The number of anilines is 1. The summed E-state index contributed by atoms with van der Waals surface area (Å²) in [7, 11) is 0. The lowest BCUT2D eigenvalue weighted by Crippen LogP contribution is -2.14. The highest BCUT2D eigenvalue weighted by molar-refractivity contribution is 9.10. The quantitative estimate of drug-likeness (QED) is 0.327. The highest BCUT2D eigenvalue weighted by atomic mass is 79.9. The Labute approximate surface area is 191 Å². The molecule has 1 aromatic heterocycles. The Morgan fingerprint density at radius 1 is 0.967 bits per heavy atom. The van der Waals surface area contributed by atoms with Crippen molar-refractivity contribution in [3.8, 4) is 17.1 Å². The van der Waals surface area contributed by atoms with E-state index in [1.54, 1.807) is 24.3 Å². The highest BCUT2D eigenvalue weighted by Crippen LogP contribution is 2.32. The third-order valence-electron chi connectivity index (χ3n) is 4.22. The fourth-order valence-electron chi connectivity index (χ4n) is 2.85. The van der Waals surface area contributed by atoms with Gasteiger partial charge in [-0.1, -0.05) is 75.7 Å². The molecule has 4 aromatic rings. The lowest BCUT2D eigenvalue weighted by molar-refractivity contribution is -0.113. The van der Waals surface area contributed by atoms with Crippen molar-refractivity contribution < 1.29 is 4.79 Å². The summed E-state index contributed by atoms with van der Waals surface area (Å²) < 4.78 is 2.88. The van der Waals surface area contributed by atoms with Crippen LogP contribution >= 0.6 is 39.3 Å². The van der Waals surface area contributed by atoms with E-state index in [0.29, 0.717) is 21.7 Å². The van der Waals surface area contributed by atoms with E-state index in [1.165, 1.54) is 11.8 Å². The van der Waals surface area contributed by atoms with E-state index >= 15 is 0 Å². The molecule has 150 valence electrons. The molecule has 0 saturated heterocycles. The number of rotatable bonds is 6. The van der Waals surface area contributed by atoms with Crippen LogP contribution < -0.4 is 5.32 Å². The van der Waals surface area contributed by atoms with Gasteiger partial charge in [0.25, 0.3) is 0 Å². The lowest BCUT2D eigenvalue weighted by atomic mass is 10.2. The number of carbonyl (C=O) groups excluding carboxylic acids is 1. The maximum atomic E-state index is 12.4. The number of para-hydroxylation sites is 1. The number of aromatic nitrogens is 3. The summed E-state index contributed by atoms with van der Waals surface area (Å²) in [5.74, 6) is 0.769. The second-order valence-corrected chi connectivity index (χ2v) is 8.53. The summed E-state index contributed by atoms with van der Waals surface area (Å²) in [5, 5.41) is 12.9. The number of halogens is 2. The number of nitrogens with one attached hydrogen (secondary N) is 1. The maximum absolute atomic E-state index is 12.4. The molecule has 0 aliphatic rings. The second kappa shape index (κ2) is 9.47. The molecule has 1 amide bonds. The van der Waals surface area contributed by atoms with Crippen LogP contribution in [0.15, 0.2) is 88.5 Å². The van der Waals surface area contributed by atoms with Crippen LogP contribution in [-0.4, -0.2) is 26.4 Å². The lowest BCUT2D eigenvalue weighted by Gasteiger charge is -2.11. The standard InChI is InChI=1S/C22H16BrClN4OS/c23-19-9-5-4-8-18(19)21-26-27-22(28(21)17-6-2-1-3-7-17)30-14-20(29)25-16-12-10-15(24)11-13-16/h1-13H,14H2,(H,25,29). The zero-order chi connectivity index (χ0) is 20.9. The molecule has 30 heavy (non-hydrogen) atoms. The fourth-order valence-corrected chi connectivity index (χ4v) is 4.19. The minimum absolute atomic E-state index is 0.132. The summed E-state index contributed by atoms with van der Waals surface area (Å²) in [6, 6.07) is 24.7. The number of hydrogen-bond acceptors (Lipinski definition) is 4. The molecule has 5 nitrogen and oxygen atoms in total. The van der Waals surface area contributed by atoms with Crippen LogP contribution in [0.25, 0.3) is 17.1 Å². The van der Waals surface area contributed by atoms with Crippen molar-refractivity contribution in [1.82, 2.24) is 14.8 Å². The third-order valence-corrected chi connectivity index (χ3v) is 6.10. The number of amides is 1. The van der Waals surface area contributed by atoms with Crippen molar-refractivity contribution in [2.45, 2.75) is 5.16 Å². The minimum Gasteiger partial charge on any atom is -0.325 e. The van der Waals surface area contributed by atoms with Gasteiger partial charge in [0.15, 0.2) is 11.0 Å². The maximum Gasteiger partial charge on any atom is 0.234 e. The van der Waals surface area contributed by atoms with Crippen molar-refractivity contribution >= 4 is 50.9 Å². The SMILES string of the molecule is O=C(CSc1nnc(-c2ccccc2Br)n1-c1ccccc1)Nc1ccc(Cl)cc1. The molecule has 0 unspecified atom stereocenters. The van der Waals surface area contributed by atoms with Gasteiger partial charge in [-0.3, -0.25) is 9.36 Å². The van der Waals surface area contributed by atoms with Gasteiger partial charge in [-0.25, -0.2) is 0 Å². The molecule has 0 aliphatic carbocycles. The average Bonchev–Trinajstić information content (AvgIpc) is 3.18. The van der Waals surface area contributed by atoms with Crippen molar-refractivity contribution in [1.29, 1.82) is 0 Å². The van der Waals surface area contributed by atoms with Gasteiger partial charge in [-0.15, -0.1) is 10.2 Å². The van der Waals surface area contributed by atoms with Crippen molar-refractivity contribution in [3.63, 3.8) is 0 Å². The van der Waals surface area contributed by atoms with E-state index in [2.05, 4.69) is 31.4 Å². The van der Waals surface area contributed by atoms with E-state index in [9.17, 15) is 4.79 Å². The predicted molar refractivity (Wildman–Crippen MR) is 125 cm³/mol. The van der Waals surface area contributed by atoms with Crippen molar-refractivity contribution in [3.05, 3.63) is 88.4 Å². The average molecular weight is 500 g/mol. The number of benzene rings is 3. The van der Waals surface area contributed by atoms with Gasteiger partial charge in [0.1, 0.15) is 0 Å². The Kier molecular flexibility index (Phi) is 6.52. The summed E-state index contributed by atoms with van der Waals surface area (Å²) in [5.41, 5.74) is 2.55. The molecule has 4 rings (SSSR count). The van der Waals surface area contributed by atoms with E-state index in [1.807, 2.05) is 59.2 Å². The fraction of sp³-hybridized carbons (Fsp3) is 0.0455. The molecule has 0 fully saturated rings. The molecule has 8 heteroatoms. The van der Waals surface area contributed by atoms with E-state index in [4.69, 9.17) is 11.6 Å². The van der Waals surface area contributed by atoms with Crippen LogP contribution in [0.2, 0.25) is 5.02 Å². The summed E-state index contributed by atoms with van der Waals surface area (Å²) in [6.07, 6.45) is 0. The number of nitrogens with zero attached hydrogens (tertiary/aromatic N) is 3. The molecule has 1 heterocycles. The summed E-state index contributed by atoms with van der Waals surface area (Å²) >= 11 is 10.8. The first kappa shape index (κ1) is 20.7. The number of thioether (sulfide) groups is 1. The Morgan fingerprint density at radius 3 is 2.40 bits per heavy atom. The summed E-state index contributed by atoms with van der Waals surface area (Å²) in [4.78, 5) is 12.4. The Bertz CT molecular complexity index is 1170. The van der Waals surface area contributed by atoms with E-state index < -0.39 is 0 Å². The first-order valence-electron chi connectivity index (χ1n) is 9.06. The van der Waals surface area contributed by atoms with Crippen molar-refractivity contribution in [2.75, 3.05) is 11.1 Å². The molecule has 0 spiro atoms. The number of hydrogen-bond donors (Lipinski definition) is 1. The molecular formula is C22H16BrClN4OS. The van der Waals surface area contributed by atoms with Crippen LogP contribution in [0.1, 0.15) is 0 Å².